The Morgan fingerprint density at radius 1 is 1.12 bits per heavy atom. The van der Waals surface area contributed by atoms with E-state index in [0.29, 0.717) is 11.5 Å². The summed E-state index contributed by atoms with van der Waals surface area (Å²) in [5.41, 5.74) is 4.20. The predicted molar refractivity (Wildman–Crippen MR) is 137 cm³/mol. The summed E-state index contributed by atoms with van der Waals surface area (Å²) in [5.74, 6) is 0.0422. The fourth-order valence-corrected chi connectivity index (χ4v) is 5.86. The standard InChI is InChI=1S/C26H19BrFN3O2S/c1-33-16-9-6-14(7-10-16)24-23-18(17-12-15(27)8-11-20(17)29-23)13-22-25(32)31(26(34)30(22)24)21-5-3-2-4-19(21)28/h2-12,22,24,29H,13H2,1H3. The number of amides is 1. The molecule has 8 heteroatoms. The Bertz CT molecular complexity index is 1470. The van der Waals surface area contributed by atoms with Crippen molar-refractivity contribution < 1.29 is 13.9 Å². The Morgan fingerprint density at radius 2 is 1.88 bits per heavy atom. The first-order valence-corrected chi connectivity index (χ1v) is 12.0. The molecule has 0 bridgehead atoms. The minimum atomic E-state index is -0.537. The molecule has 1 fully saturated rings. The lowest BCUT2D eigenvalue weighted by Gasteiger charge is -2.37. The first-order chi connectivity index (χ1) is 16.5. The lowest BCUT2D eigenvalue weighted by molar-refractivity contribution is -0.120. The minimum Gasteiger partial charge on any atom is -0.497 e. The second-order valence-electron chi connectivity index (χ2n) is 8.42. The van der Waals surface area contributed by atoms with Gasteiger partial charge in [-0.1, -0.05) is 40.2 Å². The predicted octanol–water partition coefficient (Wildman–Crippen LogP) is 5.73. The van der Waals surface area contributed by atoms with E-state index >= 15 is 0 Å². The maximum absolute atomic E-state index is 14.7. The summed E-state index contributed by atoms with van der Waals surface area (Å²) in [6.45, 7) is 0. The van der Waals surface area contributed by atoms with Crippen LogP contribution in [0.1, 0.15) is 22.9 Å². The highest BCUT2D eigenvalue weighted by molar-refractivity contribution is 9.10. The molecule has 34 heavy (non-hydrogen) atoms. The summed E-state index contributed by atoms with van der Waals surface area (Å²) >= 11 is 9.40. The highest BCUT2D eigenvalue weighted by Gasteiger charge is 2.51. The second kappa shape index (κ2) is 7.92. The van der Waals surface area contributed by atoms with E-state index in [0.717, 1.165) is 37.9 Å². The van der Waals surface area contributed by atoms with Gasteiger partial charge in [0.1, 0.15) is 17.6 Å². The average Bonchev–Trinajstić information content (AvgIpc) is 3.32. The van der Waals surface area contributed by atoms with Crippen LogP contribution in [0.25, 0.3) is 10.9 Å². The van der Waals surface area contributed by atoms with E-state index in [-0.39, 0.29) is 17.6 Å². The van der Waals surface area contributed by atoms with Crippen LogP contribution in [0.15, 0.2) is 71.2 Å². The Labute approximate surface area is 209 Å². The lowest BCUT2D eigenvalue weighted by Crippen LogP contribution is -2.44. The third-order valence-corrected chi connectivity index (χ3v) is 7.52. The maximum atomic E-state index is 14.7. The molecule has 0 radical (unpaired) electrons. The highest BCUT2D eigenvalue weighted by atomic mass is 79.9. The fourth-order valence-electron chi connectivity index (χ4n) is 5.08. The van der Waals surface area contributed by atoms with Crippen molar-refractivity contribution in [2.75, 3.05) is 12.0 Å². The maximum Gasteiger partial charge on any atom is 0.256 e. The van der Waals surface area contributed by atoms with E-state index < -0.39 is 11.9 Å². The van der Waals surface area contributed by atoms with Gasteiger partial charge in [0.2, 0.25) is 0 Å². The topological polar surface area (TPSA) is 48.6 Å². The summed E-state index contributed by atoms with van der Waals surface area (Å²) in [5, 5.41) is 1.36. The monoisotopic (exact) mass is 535 g/mol. The van der Waals surface area contributed by atoms with Gasteiger partial charge in [0.05, 0.1) is 18.8 Å². The molecule has 0 aliphatic carbocycles. The van der Waals surface area contributed by atoms with E-state index in [1.54, 1.807) is 25.3 Å². The van der Waals surface area contributed by atoms with Crippen molar-refractivity contribution in [1.29, 1.82) is 0 Å². The van der Waals surface area contributed by atoms with Crippen molar-refractivity contribution in [2.24, 2.45) is 0 Å². The molecule has 5 nitrogen and oxygen atoms in total. The SMILES string of the molecule is COc1ccc(C2c3[nH]c4ccc(Br)cc4c3CC3C(=O)N(c4ccccc4F)C(=S)N32)cc1. The number of carbonyl (C=O) groups excluding carboxylic acids is 1. The van der Waals surface area contributed by atoms with Gasteiger partial charge in [0, 0.05) is 27.5 Å². The van der Waals surface area contributed by atoms with E-state index in [2.05, 4.69) is 27.0 Å². The smallest absolute Gasteiger partial charge is 0.256 e. The summed E-state index contributed by atoms with van der Waals surface area (Å²) in [6.07, 6.45) is 0.475. The van der Waals surface area contributed by atoms with Gasteiger partial charge < -0.3 is 14.6 Å². The molecule has 2 unspecified atom stereocenters. The number of H-pyrrole nitrogens is 1. The number of aromatic amines is 1. The first-order valence-electron chi connectivity index (χ1n) is 10.8. The van der Waals surface area contributed by atoms with Gasteiger partial charge in [-0.05, 0) is 65.8 Å². The van der Waals surface area contributed by atoms with E-state index in [1.165, 1.54) is 11.0 Å². The number of fused-ring (bicyclic) bond motifs is 4. The number of nitrogens with zero attached hydrogens (tertiary/aromatic N) is 2. The van der Waals surface area contributed by atoms with Crippen molar-refractivity contribution in [1.82, 2.24) is 9.88 Å². The van der Waals surface area contributed by atoms with Crippen LogP contribution < -0.4 is 9.64 Å². The van der Waals surface area contributed by atoms with Gasteiger partial charge in [-0.25, -0.2) is 4.39 Å². The molecule has 4 aromatic rings. The molecule has 0 saturated carbocycles. The third kappa shape index (κ3) is 3.09. The Morgan fingerprint density at radius 3 is 2.62 bits per heavy atom. The quantitative estimate of drug-likeness (QED) is 0.340. The second-order valence-corrected chi connectivity index (χ2v) is 9.70. The molecule has 2 aliphatic heterocycles. The molecule has 170 valence electrons. The molecular formula is C26H19BrFN3O2S. The molecule has 1 saturated heterocycles. The number of ether oxygens (including phenoxy) is 1. The average molecular weight is 536 g/mol. The third-order valence-electron chi connectivity index (χ3n) is 6.63. The zero-order valence-corrected chi connectivity index (χ0v) is 20.5. The van der Waals surface area contributed by atoms with Crippen LogP contribution in [0.2, 0.25) is 0 Å². The molecule has 0 spiro atoms. The number of halogens is 2. The molecule has 1 N–H and O–H groups in total. The van der Waals surface area contributed by atoms with Crippen LogP contribution in [-0.4, -0.2) is 34.1 Å². The summed E-state index contributed by atoms with van der Waals surface area (Å²) in [6, 6.07) is 19.2. The van der Waals surface area contributed by atoms with Gasteiger partial charge in [0.25, 0.3) is 5.91 Å². The van der Waals surface area contributed by atoms with Crippen LogP contribution in [0.5, 0.6) is 5.75 Å². The van der Waals surface area contributed by atoms with Gasteiger partial charge in [-0.2, -0.15) is 0 Å². The van der Waals surface area contributed by atoms with Crippen molar-refractivity contribution in [3.8, 4) is 5.75 Å². The van der Waals surface area contributed by atoms with E-state index in [9.17, 15) is 9.18 Å². The number of para-hydroxylation sites is 1. The molecule has 2 atom stereocenters. The molecule has 3 heterocycles. The molecule has 6 rings (SSSR count). The number of nitrogens with one attached hydrogen (secondary N) is 1. The zero-order chi connectivity index (χ0) is 23.6. The molecule has 3 aromatic carbocycles. The van der Waals surface area contributed by atoms with Crippen molar-refractivity contribution in [2.45, 2.75) is 18.5 Å². The summed E-state index contributed by atoms with van der Waals surface area (Å²) < 4.78 is 21.0. The van der Waals surface area contributed by atoms with Gasteiger partial charge in [-0.15, -0.1) is 0 Å². The van der Waals surface area contributed by atoms with Gasteiger partial charge in [0.15, 0.2) is 5.11 Å². The molecular weight excluding hydrogens is 517 g/mol. The van der Waals surface area contributed by atoms with Crippen molar-refractivity contribution in [3.05, 3.63) is 93.8 Å². The number of methoxy groups -OCH3 is 1. The molecule has 2 aliphatic rings. The Hall–Kier alpha value is -3.23. The number of carbonyl (C=O) groups is 1. The Kier molecular flexibility index (Phi) is 4.97. The number of benzene rings is 3. The summed E-state index contributed by atoms with van der Waals surface area (Å²) in [4.78, 5) is 20.6. The Balaban J connectivity index is 1.55. The van der Waals surface area contributed by atoms with Gasteiger partial charge in [-0.3, -0.25) is 9.69 Å². The number of thiocarbonyl (C=S) groups is 1. The molecule has 1 aromatic heterocycles. The van der Waals surface area contributed by atoms with E-state index in [4.69, 9.17) is 17.0 Å². The number of hydrogen-bond donors (Lipinski definition) is 1. The normalized spacial score (nSPS) is 19.5. The van der Waals surface area contributed by atoms with Crippen LogP contribution in [0.3, 0.4) is 0 Å². The highest BCUT2D eigenvalue weighted by Crippen LogP contribution is 2.45. The van der Waals surface area contributed by atoms with Crippen LogP contribution >= 0.6 is 28.1 Å². The summed E-state index contributed by atoms with van der Waals surface area (Å²) in [7, 11) is 1.62. The van der Waals surface area contributed by atoms with Crippen LogP contribution in [0.4, 0.5) is 10.1 Å². The largest absolute Gasteiger partial charge is 0.497 e. The van der Waals surface area contributed by atoms with Crippen LogP contribution in [0, 0.1) is 5.82 Å². The minimum absolute atomic E-state index is 0.177. The van der Waals surface area contributed by atoms with Crippen LogP contribution in [-0.2, 0) is 11.2 Å². The molecule has 1 amide bonds. The first kappa shape index (κ1) is 21.3. The lowest BCUT2D eigenvalue weighted by atomic mass is 9.89. The zero-order valence-electron chi connectivity index (χ0n) is 18.1. The van der Waals surface area contributed by atoms with E-state index in [1.807, 2.05) is 41.3 Å². The number of anilines is 1. The van der Waals surface area contributed by atoms with Gasteiger partial charge >= 0.3 is 0 Å². The fraction of sp³-hybridized carbons (Fsp3) is 0.154. The number of rotatable bonds is 3. The van der Waals surface area contributed by atoms with Crippen molar-refractivity contribution >= 4 is 55.8 Å². The van der Waals surface area contributed by atoms with Crippen molar-refractivity contribution in [3.63, 3.8) is 0 Å². The number of hydrogen-bond acceptors (Lipinski definition) is 3. The number of aromatic nitrogens is 1.